The van der Waals surface area contributed by atoms with E-state index < -0.39 is 37.6 Å². The molecule has 4 aliphatic rings. The summed E-state index contributed by atoms with van der Waals surface area (Å²) in [4.78, 5) is 0. The average molecular weight is 912 g/mol. The van der Waals surface area contributed by atoms with Crippen molar-refractivity contribution in [3.8, 4) is 22.3 Å². The van der Waals surface area contributed by atoms with Crippen LogP contribution >= 0.6 is 17.0 Å². The number of hydrogen-bond donors (Lipinski definition) is 0. The minimum atomic E-state index is -4.96. The van der Waals surface area contributed by atoms with Crippen LogP contribution < -0.4 is 10.4 Å². The number of fused-ring (bicyclic) bond motifs is 2. The van der Waals surface area contributed by atoms with E-state index in [9.17, 15) is 0 Å². The van der Waals surface area contributed by atoms with Gasteiger partial charge in [-0.3, -0.25) is 0 Å². The maximum atomic E-state index is 9.06. The molecule has 6 heteroatoms. The Kier molecular flexibility index (Phi) is 11.4. The summed E-state index contributed by atoms with van der Waals surface area (Å²) >= 11 is -4.96. The Hall–Kier alpha value is -1.53. The molecule has 2 saturated carbocycles. The molecular formula is C50H65Cl2Si3Zr. The number of benzene rings is 4. The maximum absolute atomic E-state index is 9.06. The summed E-state index contributed by atoms with van der Waals surface area (Å²) in [6.07, 6.45) is 18.3. The molecule has 4 aromatic carbocycles. The van der Waals surface area contributed by atoms with Crippen LogP contribution in [0.25, 0.3) is 34.4 Å². The second kappa shape index (κ2) is 15.5. The zero-order valence-corrected chi connectivity index (χ0v) is 42.6. The van der Waals surface area contributed by atoms with Gasteiger partial charge in [0.1, 0.15) is 0 Å². The van der Waals surface area contributed by atoms with E-state index in [-0.39, 0.29) is 7.25 Å². The summed E-state index contributed by atoms with van der Waals surface area (Å²) in [5, 5.41) is 3.02. The van der Waals surface area contributed by atoms with Crippen LogP contribution in [0.5, 0.6) is 0 Å². The van der Waals surface area contributed by atoms with Gasteiger partial charge in [0.15, 0.2) is 0 Å². The number of rotatable bonds is 11. The average Bonchev–Trinajstić information content (AvgIpc) is 3.98. The summed E-state index contributed by atoms with van der Waals surface area (Å²) in [5.74, 6) is -0.213. The van der Waals surface area contributed by atoms with Gasteiger partial charge in [-0.2, -0.15) is 0 Å². The molecule has 0 radical (unpaired) electrons. The van der Waals surface area contributed by atoms with Gasteiger partial charge in [0.2, 0.25) is 0 Å². The standard InChI is InChI=1S/2C24H29Si.C2H7Si.2ClH.Zr/c2*1-25(2,3)22-13-11-20(12-14-22)23-10-6-9-21-16-19(17-24(21)23)15-18-7-4-5-8-18;1-3-2;;;/h2*6,9-14,16-18H,4-5,7-8,15H2,1-3H3;3H,1-2H3;2*1H;/q;;;;;+2/p-2. The molecular weight excluding hydrogens is 847 g/mol. The number of hydrogen-bond acceptors (Lipinski definition) is 0. The van der Waals surface area contributed by atoms with Crippen molar-refractivity contribution in [2.24, 2.45) is 11.8 Å². The zero-order valence-electron chi connectivity index (χ0n) is 35.5. The Labute approximate surface area is 350 Å². The first-order valence-corrected chi connectivity index (χ1v) is 45.3. The van der Waals surface area contributed by atoms with E-state index in [0.717, 1.165) is 24.7 Å². The Balaban J connectivity index is 1.31. The molecule has 2 atom stereocenters. The quantitative estimate of drug-likeness (QED) is 0.132. The molecule has 0 saturated heterocycles. The molecule has 0 heterocycles. The monoisotopic (exact) mass is 909 g/mol. The second-order valence-corrected chi connectivity index (χ2v) is 73.3. The second-order valence-electron chi connectivity index (χ2n) is 20.7. The van der Waals surface area contributed by atoms with E-state index in [1.165, 1.54) is 106 Å². The molecule has 0 spiro atoms. The third kappa shape index (κ3) is 7.46. The first kappa shape index (κ1) is 41.2. The van der Waals surface area contributed by atoms with Crippen molar-refractivity contribution in [1.29, 1.82) is 0 Å². The van der Waals surface area contributed by atoms with E-state index >= 15 is 0 Å². The first-order valence-electron chi connectivity index (χ1n) is 22.0. The topological polar surface area (TPSA) is 0 Å². The van der Waals surface area contributed by atoms with E-state index in [0.29, 0.717) is 0 Å². The first-order chi connectivity index (χ1) is 26.5. The molecule has 0 amide bonds. The SMILES string of the molecule is C[SiH](C)[Zr]([Cl])([Cl])([CH]1C(CC2CCCC2)=Cc2c(-c3ccc([Si](C)(C)C)cc3)cccc21)[CH]1C(CC2CCCC2)=Cc2c(-c3ccc([Si](C)(C)C)cc3)cccc21. The van der Waals surface area contributed by atoms with E-state index in [4.69, 9.17) is 17.0 Å². The Morgan fingerprint density at radius 1 is 0.536 bits per heavy atom. The van der Waals surface area contributed by atoms with Gasteiger partial charge in [-0.15, -0.1) is 0 Å². The molecule has 0 aliphatic heterocycles. The molecule has 295 valence electrons. The van der Waals surface area contributed by atoms with Gasteiger partial charge in [0, 0.05) is 0 Å². The fraction of sp³-hybridized carbons (Fsp3) is 0.440. The summed E-state index contributed by atoms with van der Waals surface area (Å²) in [5.41, 5.74) is 14.2. The van der Waals surface area contributed by atoms with Crippen molar-refractivity contribution in [2.45, 2.75) is 124 Å². The van der Waals surface area contributed by atoms with Gasteiger partial charge < -0.3 is 0 Å². The molecule has 2 fully saturated rings. The molecule has 8 rings (SSSR count). The van der Waals surface area contributed by atoms with Crippen molar-refractivity contribution in [3.63, 3.8) is 0 Å². The predicted octanol–water partition coefficient (Wildman–Crippen LogP) is 14.8. The predicted molar refractivity (Wildman–Crippen MR) is 255 cm³/mol. The molecule has 0 aromatic heterocycles. The van der Waals surface area contributed by atoms with E-state index in [1.54, 1.807) is 11.1 Å². The van der Waals surface area contributed by atoms with Crippen molar-refractivity contribution in [2.75, 3.05) is 0 Å². The summed E-state index contributed by atoms with van der Waals surface area (Å²) < 4.78 is 0.289. The summed E-state index contributed by atoms with van der Waals surface area (Å²) in [7, 11) is 15.3. The van der Waals surface area contributed by atoms with Crippen LogP contribution in [0, 0.1) is 11.8 Å². The van der Waals surface area contributed by atoms with Crippen LogP contribution in [0.1, 0.15) is 93.7 Å². The number of halogens is 2. The fourth-order valence-electron chi connectivity index (χ4n) is 11.3. The summed E-state index contributed by atoms with van der Waals surface area (Å²) in [6, 6.07) is 33.4. The minimum absolute atomic E-state index is 0.144. The summed E-state index contributed by atoms with van der Waals surface area (Å²) in [6.45, 7) is 19.7. The third-order valence-electron chi connectivity index (χ3n) is 14.6. The zero-order chi connectivity index (χ0) is 39.6. The Bertz CT molecular complexity index is 2010. The third-order valence-corrected chi connectivity index (χ3v) is 70.6. The normalized spacial score (nSPS) is 21.2. The Morgan fingerprint density at radius 2 is 0.893 bits per heavy atom. The van der Waals surface area contributed by atoms with Crippen LogP contribution in [0.2, 0.25) is 52.4 Å². The van der Waals surface area contributed by atoms with Gasteiger partial charge in [-0.25, -0.2) is 0 Å². The molecule has 0 nitrogen and oxygen atoms in total. The molecule has 0 N–H and O–H groups in total. The van der Waals surface area contributed by atoms with E-state index in [2.05, 4.69) is 149 Å². The van der Waals surface area contributed by atoms with Crippen molar-refractivity contribution in [1.82, 2.24) is 0 Å². The van der Waals surface area contributed by atoms with Crippen molar-refractivity contribution >= 4 is 61.6 Å². The number of allylic oxidation sites excluding steroid dienone is 2. The van der Waals surface area contributed by atoms with Gasteiger partial charge in [-0.1, -0.05) is 0 Å². The van der Waals surface area contributed by atoms with Gasteiger partial charge >= 0.3 is 353 Å². The molecule has 0 bridgehead atoms. The molecule has 56 heavy (non-hydrogen) atoms. The van der Waals surface area contributed by atoms with Gasteiger partial charge in [0.25, 0.3) is 0 Å². The van der Waals surface area contributed by atoms with Crippen LogP contribution in [-0.2, 0) is 15.6 Å². The van der Waals surface area contributed by atoms with Gasteiger partial charge in [-0.05, 0) is 0 Å². The van der Waals surface area contributed by atoms with Crippen molar-refractivity contribution < 1.29 is 15.6 Å². The van der Waals surface area contributed by atoms with Crippen LogP contribution in [-0.4, -0.2) is 22.1 Å². The molecule has 4 aliphatic carbocycles. The molecule has 2 unspecified atom stereocenters. The van der Waals surface area contributed by atoms with Crippen LogP contribution in [0.15, 0.2) is 96.1 Å². The van der Waals surface area contributed by atoms with Crippen LogP contribution in [0.3, 0.4) is 0 Å². The Morgan fingerprint density at radius 3 is 1.21 bits per heavy atom. The molecule has 4 aromatic rings. The van der Waals surface area contributed by atoms with Crippen LogP contribution in [0.4, 0.5) is 0 Å². The van der Waals surface area contributed by atoms with Gasteiger partial charge in [0.05, 0.1) is 0 Å². The fourth-order valence-corrected chi connectivity index (χ4v) is 45.0. The van der Waals surface area contributed by atoms with E-state index in [1.807, 2.05) is 0 Å². The van der Waals surface area contributed by atoms with Crippen molar-refractivity contribution in [3.05, 3.63) is 118 Å².